The summed E-state index contributed by atoms with van der Waals surface area (Å²) in [5.41, 5.74) is 0. The van der Waals surface area contributed by atoms with Crippen LogP contribution in [0.3, 0.4) is 0 Å². The second-order valence-electron chi connectivity index (χ2n) is 16.1. The molecule has 9 heteroatoms. The number of Topliss-reactive ketones (excluding diaryl/α,β-unsaturated/α-hetero) is 1. The van der Waals surface area contributed by atoms with Crippen molar-refractivity contribution in [3.63, 3.8) is 0 Å². The Kier molecular flexibility index (Phi) is 18.6. The average molecular weight is 689 g/mol. The molecule has 0 aromatic rings. The number of esters is 1. The molecule has 5 atom stereocenters. The van der Waals surface area contributed by atoms with Gasteiger partial charge in [0.2, 0.25) is 0 Å². The fraction of sp³-hybridized carbons (Fsp3) is 0.947. The van der Waals surface area contributed by atoms with Gasteiger partial charge in [0.1, 0.15) is 11.9 Å². The van der Waals surface area contributed by atoms with E-state index in [0.29, 0.717) is 32.3 Å². The zero-order valence-electron chi connectivity index (χ0n) is 31.3. The van der Waals surface area contributed by atoms with Crippen LogP contribution in [0, 0.1) is 11.8 Å². The number of ketones is 1. The summed E-state index contributed by atoms with van der Waals surface area (Å²) in [5.74, 6) is -3.14. The third kappa shape index (κ3) is 15.3. The molecule has 2 fully saturated rings. The molecule has 5 unspecified atom stereocenters. The monoisotopic (exact) mass is 688 g/mol. The van der Waals surface area contributed by atoms with Gasteiger partial charge in [0, 0.05) is 31.8 Å². The Labute approximate surface area is 287 Å². The molecule has 47 heavy (non-hydrogen) atoms. The summed E-state index contributed by atoms with van der Waals surface area (Å²) in [4.78, 5) is 25.2. The Morgan fingerprint density at radius 1 is 0.957 bits per heavy atom. The first-order valence-corrected chi connectivity index (χ1v) is 22.0. The standard InChI is InChI=1S/C38H70F2O6Si/c1-9-10-11-19-26-38(39,40)34(46-47(7,8)37(4,5)6)25-24-31-30(32(41)28-33(31)45-36-23-18-20-27-43-36)21-16-14-12-13-15-17-22-35(42)44-29(2)3/h29-31,33-34,36H,9-28H2,1-8H3. The highest BCUT2D eigenvalue weighted by atomic mass is 28.4. The van der Waals surface area contributed by atoms with E-state index < -0.39 is 20.3 Å². The molecular weight excluding hydrogens is 618 g/mol. The molecule has 276 valence electrons. The minimum atomic E-state index is -2.92. The van der Waals surface area contributed by atoms with Gasteiger partial charge in [-0.3, -0.25) is 9.59 Å². The van der Waals surface area contributed by atoms with Crippen molar-refractivity contribution in [2.24, 2.45) is 11.8 Å². The maximum Gasteiger partial charge on any atom is 0.306 e. The molecule has 1 saturated carbocycles. The molecule has 1 aliphatic carbocycles. The summed E-state index contributed by atoms with van der Waals surface area (Å²) in [7, 11) is -2.47. The molecule has 0 aromatic heterocycles. The summed E-state index contributed by atoms with van der Waals surface area (Å²) in [6.07, 6.45) is 12.2. The molecule has 6 nitrogen and oxygen atoms in total. The highest BCUT2D eigenvalue weighted by molar-refractivity contribution is 6.74. The third-order valence-electron chi connectivity index (χ3n) is 10.6. The highest BCUT2D eigenvalue weighted by Crippen LogP contribution is 2.44. The van der Waals surface area contributed by atoms with Crippen LogP contribution in [0.1, 0.15) is 164 Å². The molecule has 0 radical (unpaired) electrons. The predicted molar refractivity (Wildman–Crippen MR) is 188 cm³/mol. The number of halogens is 2. The van der Waals surface area contributed by atoms with E-state index in [1.165, 1.54) is 0 Å². The quantitative estimate of drug-likeness (QED) is 0.0604. The van der Waals surface area contributed by atoms with Gasteiger partial charge < -0.3 is 18.6 Å². The van der Waals surface area contributed by atoms with Gasteiger partial charge in [0.15, 0.2) is 14.6 Å². The first kappa shape index (κ1) is 42.3. The molecule has 1 heterocycles. The molecular formula is C38H70F2O6Si. The lowest BCUT2D eigenvalue weighted by Crippen LogP contribution is -2.49. The molecule has 0 amide bonds. The number of alkyl halides is 2. The van der Waals surface area contributed by atoms with E-state index in [9.17, 15) is 9.59 Å². The van der Waals surface area contributed by atoms with Gasteiger partial charge in [-0.1, -0.05) is 79.1 Å². The van der Waals surface area contributed by atoms with Crippen LogP contribution in [0.4, 0.5) is 8.78 Å². The van der Waals surface area contributed by atoms with Gasteiger partial charge >= 0.3 is 5.97 Å². The average Bonchev–Trinajstić information content (AvgIpc) is 3.27. The second-order valence-corrected chi connectivity index (χ2v) is 20.9. The molecule has 1 aliphatic heterocycles. The third-order valence-corrected chi connectivity index (χ3v) is 15.1. The van der Waals surface area contributed by atoms with E-state index in [2.05, 4.69) is 40.8 Å². The van der Waals surface area contributed by atoms with Crippen molar-refractivity contribution in [2.75, 3.05) is 6.61 Å². The fourth-order valence-corrected chi connectivity index (χ4v) is 8.12. The van der Waals surface area contributed by atoms with Gasteiger partial charge in [-0.2, -0.15) is 0 Å². The van der Waals surface area contributed by atoms with Crippen LogP contribution in [0.5, 0.6) is 0 Å². The molecule has 2 rings (SSSR count). The van der Waals surface area contributed by atoms with Crippen LogP contribution in [0.2, 0.25) is 18.1 Å². The first-order valence-electron chi connectivity index (χ1n) is 19.1. The highest BCUT2D eigenvalue weighted by Gasteiger charge is 2.49. The first-order chi connectivity index (χ1) is 22.1. The summed E-state index contributed by atoms with van der Waals surface area (Å²) >= 11 is 0. The Balaban J connectivity index is 2.07. The fourth-order valence-electron chi connectivity index (χ4n) is 6.77. The maximum absolute atomic E-state index is 16.0. The summed E-state index contributed by atoms with van der Waals surface area (Å²) in [5, 5.41) is -0.184. The van der Waals surface area contributed by atoms with Crippen LogP contribution >= 0.6 is 0 Å². The topological polar surface area (TPSA) is 71.1 Å². The number of hydrogen-bond donors (Lipinski definition) is 0. The normalized spacial score (nSPS) is 23.4. The lowest BCUT2D eigenvalue weighted by Gasteiger charge is -2.42. The Morgan fingerprint density at radius 3 is 2.23 bits per heavy atom. The smallest absolute Gasteiger partial charge is 0.306 e. The van der Waals surface area contributed by atoms with Crippen LogP contribution in [-0.4, -0.2) is 57.2 Å². The van der Waals surface area contributed by atoms with E-state index in [4.69, 9.17) is 18.6 Å². The number of carbonyl (C=O) groups excluding carboxylic acids is 2. The van der Waals surface area contributed by atoms with Gasteiger partial charge in [-0.05, 0) is 89.3 Å². The molecule has 2 aliphatic rings. The van der Waals surface area contributed by atoms with Gasteiger partial charge in [-0.25, -0.2) is 8.78 Å². The van der Waals surface area contributed by atoms with Crippen molar-refractivity contribution in [3.8, 4) is 0 Å². The van der Waals surface area contributed by atoms with Crippen LogP contribution in [0.15, 0.2) is 0 Å². The molecule has 0 bridgehead atoms. The van der Waals surface area contributed by atoms with E-state index >= 15 is 8.78 Å². The number of carbonyl (C=O) groups is 2. The van der Waals surface area contributed by atoms with Gasteiger partial charge in [0.05, 0.1) is 12.2 Å². The number of unbranched alkanes of at least 4 members (excludes halogenated alkanes) is 8. The minimum Gasteiger partial charge on any atom is -0.463 e. The number of rotatable bonds is 23. The summed E-state index contributed by atoms with van der Waals surface area (Å²) < 4.78 is 56.0. The van der Waals surface area contributed by atoms with Crippen molar-refractivity contribution in [3.05, 3.63) is 0 Å². The molecule has 1 saturated heterocycles. The minimum absolute atomic E-state index is 0.0764. The Morgan fingerprint density at radius 2 is 1.62 bits per heavy atom. The lowest BCUT2D eigenvalue weighted by molar-refractivity contribution is -0.197. The molecule has 0 N–H and O–H groups in total. The molecule has 0 aromatic carbocycles. The second kappa shape index (κ2) is 20.7. The zero-order chi connectivity index (χ0) is 35.1. The molecule has 0 spiro atoms. The van der Waals surface area contributed by atoms with E-state index in [1.54, 1.807) is 0 Å². The van der Waals surface area contributed by atoms with Gasteiger partial charge in [-0.15, -0.1) is 0 Å². The lowest BCUT2D eigenvalue weighted by atomic mass is 9.84. The SMILES string of the molecule is CCCCCCC(F)(F)C(CCC1C(OC2CCCCO2)CC(=O)C1CCCCCCCCC(=O)OC(C)C)O[Si](C)(C)C(C)(C)C. The number of ether oxygens (including phenoxy) is 3. The Bertz CT molecular complexity index is 899. The largest absolute Gasteiger partial charge is 0.463 e. The number of hydrogen-bond acceptors (Lipinski definition) is 6. The predicted octanol–water partition coefficient (Wildman–Crippen LogP) is 11.0. The van der Waals surface area contributed by atoms with Crippen molar-refractivity contribution >= 4 is 20.1 Å². The van der Waals surface area contributed by atoms with Crippen molar-refractivity contribution in [2.45, 2.75) is 212 Å². The van der Waals surface area contributed by atoms with E-state index in [1.807, 2.05) is 13.8 Å². The van der Waals surface area contributed by atoms with Gasteiger partial charge in [0.25, 0.3) is 5.92 Å². The Hall–Kier alpha value is -0.903. The maximum atomic E-state index is 16.0. The van der Waals surface area contributed by atoms with Crippen LogP contribution in [0.25, 0.3) is 0 Å². The van der Waals surface area contributed by atoms with E-state index in [0.717, 1.165) is 83.5 Å². The van der Waals surface area contributed by atoms with Crippen molar-refractivity contribution < 1.29 is 37.0 Å². The van der Waals surface area contributed by atoms with Crippen molar-refractivity contribution in [1.82, 2.24) is 0 Å². The van der Waals surface area contributed by atoms with E-state index in [-0.39, 0.29) is 60.0 Å². The zero-order valence-corrected chi connectivity index (χ0v) is 32.3. The van der Waals surface area contributed by atoms with Crippen LogP contribution in [-0.2, 0) is 28.2 Å². The summed E-state index contributed by atoms with van der Waals surface area (Å²) in [6.45, 7) is 16.9. The summed E-state index contributed by atoms with van der Waals surface area (Å²) in [6, 6.07) is 0. The van der Waals surface area contributed by atoms with Crippen LogP contribution < -0.4 is 0 Å². The van der Waals surface area contributed by atoms with Crippen molar-refractivity contribution in [1.29, 1.82) is 0 Å².